The number of hydrogen-bond donors (Lipinski definition) is 1. The van der Waals surface area contributed by atoms with Crippen molar-refractivity contribution in [1.82, 2.24) is 5.32 Å². The summed E-state index contributed by atoms with van der Waals surface area (Å²) in [7, 11) is 0. The molecule has 4 rings (SSSR count). The first-order valence-corrected chi connectivity index (χ1v) is 12.5. The molecule has 0 saturated carbocycles. The fourth-order valence-corrected chi connectivity index (χ4v) is 5.18. The molecule has 0 radical (unpaired) electrons. The lowest BCUT2D eigenvalue weighted by Gasteiger charge is -2.27. The van der Waals surface area contributed by atoms with E-state index in [0.717, 1.165) is 21.6 Å². The van der Waals surface area contributed by atoms with E-state index in [4.69, 9.17) is 39.5 Å². The average Bonchev–Trinajstić information content (AvgIpc) is 2.76. The van der Waals surface area contributed by atoms with Gasteiger partial charge in [-0.3, -0.25) is 14.9 Å². The van der Waals surface area contributed by atoms with Gasteiger partial charge in [-0.25, -0.2) is 9.69 Å². The molecular formula is C26H18BrCl3N2O4. The normalized spacial score (nSPS) is 14.9. The molecule has 36 heavy (non-hydrogen) atoms. The largest absolute Gasteiger partial charge is 0.486 e. The van der Waals surface area contributed by atoms with E-state index in [1.54, 1.807) is 42.5 Å². The number of aryl methyl sites for hydroxylation is 2. The minimum atomic E-state index is -0.809. The van der Waals surface area contributed by atoms with Gasteiger partial charge in [-0.1, -0.05) is 46.9 Å². The Labute approximate surface area is 230 Å². The van der Waals surface area contributed by atoms with E-state index in [-0.39, 0.29) is 17.2 Å². The number of nitrogens with one attached hydrogen (secondary N) is 1. The summed E-state index contributed by atoms with van der Waals surface area (Å²) in [6, 6.07) is 12.8. The fourth-order valence-electron chi connectivity index (χ4n) is 3.73. The van der Waals surface area contributed by atoms with Crippen molar-refractivity contribution in [3.63, 3.8) is 0 Å². The third-order valence-corrected chi connectivity index (χ3v) is 6.74. The zero-order valence-electron chi connectivity index (χ0n) is 19.0. The van der Waals surface area contributed by atoms with Gasteiger partial charge in [0.15, 0.2) is 5.75 Å². The first kappa shape index (κ1) is 26.2. The zero-order valence-corrected chi connectivity index (χ0v) is 22.8. The first-order valence-electron chi connectivity index (χ1n) is 10.6. The van der Waals surface area contributed by atoms with Gasteiger partial charge in [-0.15, -0.1) is 0 Å². The van der Waals surface area contributed by atoms with Crippen molar-refractivity contribution in [1.29, 1.82) is 0 Å². The summed E-state index contributed by atoms with van der Waals surface area (Å²) in [5.74, 6) is -1.18. The molecule has 1 heterocycles. The lowest BCUT2D eigenvalue weighted by atomic mass is 10.1. The van der Waals surface area contributed by atoms with E-state index >= 15 is 0 Å². The standard InChI is InChI=1S/C26H18BrCl3N2O4/c1-13-5-14(2)7-18(6-13)32-25(34)19(24(33)31-26(32)35)8-15-9-20(27)23(22(30)10-15)36-12-16-3-4-17(28)11-21(16)29/h3-11H,12H2,1-2H3,(H,31,33,35)/b19-8+. The SMILES string of the molecule is Cc1cc(C)cc(N2C(=O)NC(=O)/C(=C\c3cc(Cl)c(OCc4ccc(Cl)cc4Cl)c(Br)c3)C2=O)c1. The molecule has 3 aromatic carbocycles. The van der Waals surface area contributed by atoms with E-state index in [1.165, 1.54) is 6.08 Å². The molecule has 0 bridgehead atoms. The quantitative estimate of drug-likeness (QED) is 0.244. The Morgan fingerprint density at radius 1 is 0.944 bits per heavy atom. The molecule has 0 unspecified atom stereocenters. The van der Waals surface area contributed by atoms with Crippen LogP contribution in [0, 0.1) is 13.8 Å². The van der Waals surface area contributed by atoms with Crippen LogP contribution in [0.3, 0.4) is 0 Å². The lowest BCUT2D eigenvalue weighted by Crippen LogP contribution is -2.54. The predicted molar refractivity (Wildman–Crippen MR) is 145 cm³/mol. The topological polar surface area (TPSA) is 75.7 Å². The van der Waals surface area contributed by atoms with Gasteiger partial charge in [0, 0.05) is 15.6 Å². The Hall–Kier alpha value is -2.84. The number of ether oxygens (including phenoxy) is 1. The van der Waals surface area contributed by atoms with Crippen molar-refractivity contribution >= 4 is 80.3 Å². The molecule has 6 nitrogen and oxygen atoms in total. The Kier molecular flexibility index (Phi) is 7.76. The van der Waals surface area contributed by atoms with Gasteiger partial charge in [0.2, 0.25) is 0 Å². The Bertz CT molecular complexity index is 1410. The van der Waals surface area contributed by atoms with Gasteiger partial charge in [0.1, 0.15) is 12.2 Å². The van der Waals surface area contributed by atoms with Gasteiger partial charge in [0.05, 0.1) is 15.2 Å². The lowest BCUT2D eigenvalue weighted by molar-refractivity contribution is -0.122. The molecule has 0 atom stereocenters. The number of benzene rings is 3. The van der Waals surface area contributed by atoms with E-state index in [2.05, 4.69) is 21.2 Å². The van der Waals surface area contributed by atoms with Crippen LogP contribution in [0.2, 0.25) is 15.1 Å². The van der Waals surface area contributed by atoms with Crippen LogP contribution in [0.1, 0.15) is 22.3 Å². The second kappa shape index (κ2) is 10.6. The molecule has 0 aliphatic carbocycles. The van der Waals surface area contributed by atoms with Crippen LogP contribution >= 0.6 is 50.7 Å². The number of urea groups is 1. The third kappa shape index (κ3) is 5.60. The van der Waals surface area contributed by atoms with Crippen LogP contribution in [-0.4, -0.2) is 17.8 Å². The number of rotatable bonds is 5. The summed E-state index contributed by atoms with van der Waals surface area (Å²) in [5.41, 5.74) is 3.09. The summed E-state index contributed by atoms with van der Waals surface area (Å²) in [6.07, 6.45) is 1.37. The Morgan fingerprint density at radius 2 is 1.64 bits per heavy atom. The number of halogens is 4. The highest BCUT2D eigenvalue weighted by Gasteiger charge is 2.37. The highest BCUT2D eigenvalue weighted by molar-refractivity contribution is 9.10. The summed E-state index contributed by atoms with van der Waals surface area (Å²) in [4.78, 5) is 39.2. The highest BCUT2D eigenvalue weighted by Crippen LogP contribution is 2.36. The molecule has 0 spiro atoms. The monoisotopic (exact) mass is 606 g/mol. The fraction of sp³-hybridized carbons (Fsp3) is 0.115. The van der Waals surface area contributed by atoms with Crippen molar-refractivity contribution in [3.8, 4) is 5.75 Å². The first-order chi connectivity index (χ1) is 17.0. The molecule has 1 fully saturated rings. The minimum Gasteiger partial charge on any atom is -0.486 e. The van der Waals surface area contributed by atoms with Crippen LogP contribution < -0.4 is 15.0 Å². The van der Waals surface area contributed by atoms with Gasteiger partial charge in [-0.2, -0.15) is 0 Å². The summed E-state index contributed by atoms with van der Waals surface area (Å²) >= 11 is 22.0. The number of nitrogens with zero attached hydrogens (tertiary/aromatic N) is 1. The predicted octanol–water partition coefficient (Wildman–Crippen LogP) is 7.27. The molecule has 1 N–H and O–H groups in total. The minimum absolute atomic E-state index is 0.141. The second-order valence-electron chi connectivity index (χ2n) is 8.14. The smallest absolute Gasteiger partial charge is 0.335 e. The van der Waals surface area contributed by atoms with Gasteiger partial charge in [0.25, 0.3) is 11.8 Å². The zero-order chi connectivity index (χ0) is 26.1. The van der Waals surface area contributed by atoms with Gasteiger partial charge < -0.3 is 4.74 Å². The number of imide groups is 2. The van der Waals surface area contributed by atoms with Gasteiger partial charge >= 0.3 is 6.03 Å². The maximum absolute atomic E-state index is 13.2. The summed E-state index contributed by atoms with van der Waals surface area (Å²) in [6.45, 7) is 3.85. The van der Waals surface area contributed by atoms with Crippen molar-refractivity contribution in [2.24, 2.45) is 0 Å². The third-order valence-electron chi connectivity index (χ3n) is 5.29. The van der Waals surface area contributed by atoms with E-state index in [0.29, 0.717) is 31.5 Å². The molecular weight excluding hydrogens is 591 g/mol. The van der Waals surface area contributed by atoms with E-state index < -0.39 is 17.8 Å². The molecule has 1 aliphatic heterocycles. The number of amides is 4. The van der Waals surface area contributed by atoms with Crippen LogP contribution in [-0.2, 0) is 16.2 Å². The molecule has 4 amide bonds. The van der Waals surface area contributed by atoms with Crippen LogP contribution in [0.15, 0.2) is 58.6 Å². The van der Waals surface area contributed by atoms with Crippen LogP contribution in [0.25, 0.3) is 6.08 Å². The number of hydrogen-bond acceptors (Lipinski definition) is 4. The number of anilines is 1. The van der Waals surface area contributed by atoms with Gasteiger partial charge in [-0.05, 0) is 88.9 Å². The maximum atomic E-state index is 13.2. The number of carbonyl (C=O) groups excluding carboxylic acids is 3. The van der Waals surface area contributed by atoms with Crippen molar-refractivity contribution in [2.45, 2.75) is 20.5 Å². The Balaban J connectivity index is 1.62. The summed E-state index contributed by atoms with van der Waals surface area (Å²) < 4.78 is 6.34. The van der Waals surface area contributed by atoms with Crippen molar-refractivity contribution in [2.75, 3.05) is 4.90 Å². The highest BCUT2D eigenvalue weighted by atomic mass is 79.9. The van der Waals surface area contributed by atoms with Crippen LogP contribution in [0.5, 0.6) is 5.75 Å². The van der Waals surface area contributed by atoms with Crippen molar-refractivity contribution < 1.29 is 19.1 Å². The number of barbiturate groups is 1. The van der Waals surface area contributed by atoms with Crippen LogP contribution in [0.4, 0.5) is 10.5 Å². The van der Waals surface area contributed by atoms with Crippen molar-refractivity contribution in [3.05, 3.63) is 95.9 Å². The Morgan fingerprint density at radius 3 is 2.28 bits per heavy atom. The number of carbonyl (C=O) groups is 3. The van der Waals surface area contributed by atoms with E-state index in [1.807, 2.05) is 19.9 Å². The second-order valence-corrected chi connectivity index (χ2v) is 10.2. The average molecular weight is 609 g/mol. The molecule has 3 aromatic rings. The molecule has 10 heteroatoms. The summed E-state index contributed by atoms with van der Waals surface area (Å²) in [5, 5.41) is 3.44. The molecule has 184 valence electrons. The molecule has 1 aliphatic rings. The van der Waals surface area contributed by atoms with E-state index in [9.17, 15) is 14.4 Å². The maximum Gasteiger partial charge on any atom is 0.335 e. The molecule has 0 aromatic heterocycles. The molecule has 1 saturated heterocycles.